The smallest absolute Gasteiger partial charge is 0.263 e. The number of methoxy groups -OCH3 is 1. The standard InChI is InChI=1S/C24H26F2N6O4/c1-35-21-5-3-14-16(25)7-17(26)15(22(14)32-21)10-28-18-4-2-12(6-19(18)33)27-8-13-9-29-24-23(30-13)31-20(34)11-36-24/h3,5,7,9,12,18-19,27-28,33H,2,4,6,8,10-11H2,1H3,(H,30,31,34)/t12-,18-,19+/m0/s1. The Labute approximate surface area is 205 Å². The van der Waals surface area contributed by atoms with Gasteiger partial charge in [-0.15, -0.1) is 0 Å². The van der Waals surface area contributed by atoms with E-state index in [-0.39, 0.29) is 53.5 Å². The molecule has 3 aromatic rings. The normalized spacial score (nSPS) is 21.6. The third-order valence-corrected chi connectivity index (χ3v) is 6.48. The third-order valence-electron chi connectivity index (χ3n) is 6.48. The van der Waals surface area contributed by atoms with Crippen molar-refractivity contribution in [3.8, 4) is 11.8 Å². The zero-order valence-corrected chi connectivity index (χ0v) is 19.6. The van der Waals surface area contributed by atoms with E-state index in [9.17, 15) is 18.7 Å². The van der Waals surface area contributed by atoms with Crippen molar-refractivity contribution in [2.75, 3.05) is 19.0 Å². The molecule has 2 aromatic heterocycles. The van der Waals surface area contributed by atoms with Crippen LogP contribution >= 0.6 is 0 Å². The molecule has 0 bridgehead atoms. The summed E-state index contributed by atoms with van der Waals surface area (Å²) >= 11 is 0. The molecule has 36 heavy (non-hydrogen) atoms. The largest absolute Gasteiger partial charge is 0.481 e. The molecule has 0 spiro atoms. The van der Waals surface area contributed by atoms with Crippen molar-refractivity contribution in [3.63, 3.8) is 0 Å². The fourth-order valence-electron chi connectivity index (χ4n) is 4.58. The molecule has 3 atom stereocenters. The summed E-state index contributed by atoms with van der Waals surface area (Å²) in [5, 5.41) is 20.1. The van der Waals surface area contributed by atoms with Crippen molar-refractivity contribution < 1.29 is 28.2 Å². The lowest BCUT2D eigenvalue weighted by Crippen LogP contribution is -2.48. The van der Waals surface area contributed by atoms with E-state index in [1.54, 1.807) is 6.20 Å². The Morgan fingerprint density at radius 2 is 2.06 bits per heavy atom. The van der Waals surface area contributed by atoms with Crippen molar-refractivity contribution in [1.82, 2.24) is 25.6 Å². The zero-order valence-electron chi connectivity index (χ0n) is 19.6. The van der Waals surface area contributed by atoms with Crippen LogP contribution in [0.3, 0.4) is 0 Å². The Morgan fingerprint density at radius 1 is 1.19 bits per heavy atom. The van der Waals surface area contributed by atoms with Crippen LogP contribution in [0.25, 0.3) is 10.9 Å². The van der Waals surface area contributed by atoms with Gasteiger partial charge in [0.15, 0.2) is 12.4 Å². The number of halogens is 2. The maximum atomic E-state index is 14.6. The first kappa shape index (κ1) is 24.2. The van der Waals surface area contributed by atoms with Crippen molar-refractivity contribution in [3.05, 3.63) is 47.3 Å². The fraction of sp³-hybridized carbons (Fsp3) is 0.417. The van der Waals surface area contributed by atoms with Crippen molar-refractivity contribution >= 4 is 22.6 Å². The van der Waals surface area contributed by atoms with Crippen LogP contribution in [0.4, 0.5) is 14.6 Å². The van der Waals surface area contributed by atoms with E-state index in [4.69, 9.17) is 9.47 Å². The fourth-order valence-corrected chi connectivity index (χ4v) is 4.58. The highest BCUT2D eigenvalue weighted by Gasteiger charge is 2.29. The number of anilines is 1. The van der Waals surface area contributed by atoms with Gasteiger partial charge in [0.25, 0.3) is 11.8 Å². The molecule has 1 aromatic carbocycles. The molecule has 0 saturated heterocycles. The summed E-state index contributed by atoms with van der Waals surface area (Å²) in [5.41, 5.74) is 1.05. The van der Waals surface area contributed by atoms with Gasteiger partial charge in [-0.1, -0.05) is 0 Å². The predicted molar refractivity (Wildman–Crippen MR) is 125 cm³/mol. The molecule has 4 N–H and O–H groups in total. The van der Waals surface area contributed by atoms with E-state index in [0.717, 1.165) is 12.5 Å². The molecule has 0 unspecified atom stereocenters. The zero-order chi connectivity index (χ0) is 25.2. The van der Waals surface area contributed by atoms with Gasteiger partial charge in [0.1, 0.15) is 11.6 Å². The van der Waals surface area contributed by atoms with E-state index < -0.39 is 17.7 Å². The number of carbonyl (C=O) groups excluding carboxylic acids is 1. The second-order valence-corrected chi connectivity index (χ2v) is 8.87. The number of fused-ring (bicyclic) bond motifs is 2. The number of hydrogen-bond acceptors (Lipinski definition) is 9. The Bertz CT molecular complexity index is 1290. The number of benzene rings is 1. The first-order valence-corrected chi connectivity index (χ1v) is 11.7. The van der Waals surface area contributed by atoms with Gasteiger partial charge >= 0.3 is 0 Å². The Hall–Kier alpha value is -3.48. The van der Waals surface area contributed by atoms with Gasteiger partial charge in [0.05, 0.1) is 30.6 Å². The molecule has 0 radical (unpaired) electrons. The molecule has 3 heterocycles. The van der Waals surface area contributed by atoms with E-state index in [1.807, 2.05) is 0 Å². The number of pyridine rings is 1. The first-order chi connectivity index (χ1) is 17.4. The molecule has 1 aliphatic heterocycles. The molecule has 5 rings (SSSR count). The summed E-state index contributed by atoms with van der Waals surface area (Å²) < 4.78 is 39.2. The average Bonchev–Trinajstić information content (AvgIpc) is 2.87. The van der Waals surface area contributed by atoms with Crippen molar-refractivity contribution in [2.24, 2.45) is 0 Å². The molecule has 1 saturated carbocycles. The molecule has 2 aliphatic rings. The molecule has 1 aliphatic carbocycles. The molecule has 1 amide bonds. The lowest BCUT2D eigenvalue weighted by Gasteiger charge is -2.34. The van der Waals surface area contributed by atoms with Crippen molar-refractivity contribution in [1.29, 1.82) is 0 Å². The topological polar surface area (TPSA) is 131 Å². The maximum Gasteiger partial charge on any atom is 0.263 e. The van der Waals surface area contributed by atoms with E-state index in [0.29, 0.717) is 36.8 Å². The number of aliphatic hydroxyl groups excluding tert-OH is 1. The minimum atomic E-state index is -0.703. The van der Waals surface area contributed by atoms with Crippen LogP contribution in [0.2, 0.25) is 0 Å². The summed E-state index contributed by atoms with van der Waals surface area (Å²) in [6.07, 6.45) is 2.81. The molecule has 1 fully saturated rings. The monoisotopic (exact) mass is 500 g/mol. The molecular weight excluding hydrogens is 474 g/mol. The van der Waals surface area contributed by atoms with Gasteiger partial charge in [0, 0.05) is 48.3 Å². The molecule has 10 nitrogen and oxygen atoms in total. The van der Waals surface area contributed by atoms with E-state index in [1.165, 1.54) is 19.2 Å². The van der Waals surface area contributed by atoms with Gasteiger partial charge in [-0.25, -0.2) is 23.7 Å². The molecule has 190 valence electrons. The van der Waals surface area contributed by atoms with Crippen LogP contribution < -0.4 is 25.4 Å². The summed E-state index contributed by atoms with van der Waals surface area (Å²) in [6, 6.07) is 3.67. The van der Waals surface area contributed by atoms with Crippen molar-refractivity contribution in [2.45, 2.75) is 50.5 Å². The maximum absolute atomic E-state index is 14.6. The van der Waals surface area contributed by atoms with Crippen LogP contribution in [0.1, 0.15) is 30.5 Å². The second-order valence-electron chi connectivity index (χ2n) is 8.87. The quantitative estimate of drug-likeness (QED) is 0.384. The van der Waals surface area contributed by atoms with E-state index >= 15 is 0 Å². The highest BCUT2D eigenvalue weighted by atomic mass is 19.1. The predicted octanol–water partition coefficient (Wildman–Crippen LogP) is 1.80. The summed E-state index contributed by atoms with van der Waals surface area (Å²) in [7, 11) is 1.44. The Kier molecular flexibility index (Phi) is 6.90. The van der Waals surface area contributed by atoms with Crippen LogP contribution in [0, 0.1) is 11.6 Å². The highest BCUT2D eigenvalue weighted by molar-refractivity contribution is 5.93. The molecular formula is C24H26F2N6O4. The van der Waals surface area contributed by atoms with Crippen LogP contribution in [0.5, 0.6) is 11.8 Å². The number of amides is 1. The van der Waals surface area contributed by atoms with Gasteiger partial charge in [0.2, 0.25) is 5.88 Å². The number of hydrogen-bond donors (Lipinski definition) is 4. The Morgan fingerprint density at radius 3 is 2.86 bits per heavy atom. The number of nitrogens with zero attached hydrogens (tertiary/aromatic N) is 3. The van der Waals surface area contributed by atoms with E-state index in [2.05, 4.69) is 30.9 Å². The van der Waals surface area contributed by atoms with Gasteiger partial charge in [-0.3, -0.25) is 4.79 Å². The Balaban J connectivity index is 1.18. The molecule has 12 heteroatoms. The second kappa shape index (κ2) is 10.2. The number of aromatic nitrogens is 3. The summed E-state index contributed by atoms with van der Waals surface area (Å²) in [5.74, 6) is -0.818. The number of nitrogens with one attached hydrogen (secondary N) is 3. The van der Waals surface area contributed by atoms with Crippen LogP contribution in [-0.2, 0) is 17.9 Å². The number of aliphatic hydroxyl groups is 1. The summed E-state index contributed by atoms with van der Waals surface area (Å²) in [4.78, 5) is 24.3. The first-order valence-electron chi connectivity index (χ1n) is 11.7. The lowest BCUT2D eigenvalue weighted by atomic mass is 9.88. The third kappa shape index (κ3) is 5.06. The van der Waals surface area contributed by atoms with Crippen LogP contribution in [-0.4, -0.2) is 57.9 Å². The van der Waals surface area contributed by atoms with Crippen LogP contribution in [0.15, 0.2) is 24.4 Å². The lowest BCUT2D eigenvalue weighted by molar-refractivity contribution is -0.118. The average molecular weight is 501 g/mol. The minimum absolute atomic E-state index is 0.0380. The van der Waals surface area contributed by atoms with Gasteiger partial charge in [-0.2, -0.15) is 0 Å². The highest BCUT2D eigenvalue weighted by Crippen LogP contribution is 2.27. The van der Waals surface area contributed by atoms with Gasteiger partial charge in [-0.05, 0) is 25.3 Å². The van der Waals surface area contributed by atoms with Gasteiger partial charge < -0.3 is 30.5 Å². The number of ether oxygens (including phenoxy) is 2. The SMILES string of the molecule is COc1ccc2c(F)cc(F)c(CN[C@H]3CC[C@H](NCc4cnc5c(n4)NC(=O)CO5)C[C@H]3O)c2n1. The summed E-state index contributed by atoms with van der Waals surface area (Å²) in [6.45, 7) is 0.413. The number of rotatable bonds is 7. The number of carbonyl (C=O) groups is 1. The minimum Gasteiger partial charge on any atom is -0.481 e.